The number of fused-ring (bicyclic) bond motifs is 2. The summed E-state index contributed by atoms with van der Waals surface area (Å²) in [6.07, 6.45) is 4.04. The number of hydrogen-bond acceptors (Lipinski definition) is 5. The summed E-state index contributed by atoms with van der Waals surface area (Å²) in [5, 5.41) is 7.63. The lowest BCUT2D eigenvalue weighted by Gasteiger charge is -2.62. The maximum absolute atomic E-state index is 12.4. The molecule has 138 valence electrons. The second-order valence-corrected chi connectivity index (χ2v) is 8.64. The van der Waals surface area contributed by atoms with Gasteiger partial charge in [-0.1, -0.05) is 20.8 Å². The summed E-state index contributed by atoms with van der Waals surface area (Å²) in [5.41, 5.74) is 0.795. The molecule has 3 fully saturated rings. The first-order valence-electron chi connectivity index (χ1n) is 8.93. The van der Waals surface area contributed by atoms with E-state index < -0.39 is 5.97 Å². The Morgan fingerprint density at radius 1 is 1.48 bits per heavy atom. The third kappa shape index (κ3) is 3.23. The maximum atomic E-state index is 12.4. The Labute approximate surface area is 156 Å². The number of halogens is 1. The van der Waals surface area contributed by atoms with Gasteiger partial charge in [0.1, 0.15) is 11.0 Å². The van der Waals surface area contributed by atoms with E-state index in [2.05, 4.69) is 47.1 Å². The lowest BCUT2D eigenvalue weighted by atomic mass is 9.45. The van der Waals surface area contributed by atoms with Crippen molar-refractivity contribution in [2.24, 2.45) is 23.2 Å². The summed E-state index contributed by atoms with van der Waals surface area (Å²) in [5.74, 6) is 1.54. The van der Waals surface area contributed by atoms with Crippen LogP contribution in [0.5, 0.6) is 0 Å². The number of anilines is 1. The molecule has 0 saturated heterocycles. The Morgan fingerprint density at radius 3 is 2.80 bits per heavy atom. The minimum atomic E-state index is -0.465. The van der Waals surface area contributed by atoms with Crippen molar-refractivity contribution in [3.05, 3.63) is 21.0 Å². The van der Waals surface area contributed by atoms with Crippen LogP contribution in [0.4, 0.5) is 5.69 Å². The number of nitrogens with one attached hydrogen (secondary N) is 1. The molecule has 7 heteroatoms. The molecule has 3 saturated carbocycles. The third-order valence-corrected chi connectivity index (χ3v) is 7.03. The summed E-state index contributed by atoms with van der Waals surface area (Å²) in [6, 6.07) is 0.343. The van der Waals surface area contributed by atoms with Crippen molar-refractivity contribution in [1.29, 1.82) is 0 Å². The molecule has 2 bridgehead atoms. The van der Waals surface area contributed by atoms with Crippen LogP contribution < -0.4 is 10.9 Å². The van der Waals surface area contributed by atoms with Gasteiger partial charge in [0.15, 0.2) is 0 Å². The van der Waals surface area contributed by atoms with E-state index in [-0.39, 0.29) is 18.7 Å². The normalized spacial score (nSPS) is 29.6. The number of nitrogens with zero attached hydrogens (tertiary/aromatic N) is 2. The van der Waals surface area contributed by atoms with Crippen LogP contribution in [0.15, 0.2) is 15.5 Å². The highest BCUT2D eigenvalue weighted by Crippen LogP contribution is 2.61. The molecule has 1 aromatic heterocycles. The predicted molar refractivity (Wildman–Crippen MR) is 99.4 cm³/mol. The number of aromatic nitrogens is 2. The van der Waals surface area contributed by atoms with Crippen LogP contribution in [-0.4, -0.2) is 28.4 Å². The SMILES string of the molecule is CCOC(=O)Cn1ncc(N[C@@H]2C[C@H]3C[C@H]([C@@H]2C)C3(C)C)c(Br)c1=O. The zero-order chi connectivity index (χ0) is 18.4. The summed E-state index contributed by atoms with van der Waals surface area (Å²) >= 11 is 3.37. The van der Waals surface area contributed by atoms with Gasteiger partial charge >= 0.3 is 5.97 Å². The van der Waals surface area contributed by atoms with Gasteiger partial charge in [-0.05, 0) is 58.9 Å². The van der Waals surface area contributed by atoms with Gasteiger partial charge in [0.05, 0.1) is 18.5 Å². The van der Waals surface area contributed by atoms with E-state index in [4.69, 9.17) is 4.74 Å². The molecule has 0 amide bonds. The number of rotatable bonds is 5. The van der Waals surface area contributed by atoms with E-state index in [0.717, 1.165) is 22.9 Å². The minimum absolute atomic E-state index is 0.177. The smallest absolute Gasteiger partial charge is 0.327 e. The van der Waals surface area contributed by atoms with E-state index in [9.17, 15) is 9.59 Å². The average Bonchev–Trinajstić information content (AvgIpc) is 2.55. The van der Waals surface area contributed by atoms with Gasteiger partial charge in [-0.15, -0.1) is 0 Å². The van der Waals surface area contributed by atoms with Crippen molar-refractivity contribution in [2.45, 2.75) is 53.1 Å². The van der Waals surface area contributed by atoms with Gasteiger partial charge in [0.25, 0.3) is 5.56 Å². The van der Waals surface area contributed by atoms with Gasteiger partial charge < -0.3 is 10.1 Å². The molecule has 0 spiro atoms. The molecule has 1 heterocycles. The fourth-order valence-corrected chi connectivity index (χ4v) is 4.97. The summed E-state index contributed by atoms with van der Waals surface area (Å²) < 4.78 is 6.41. The molecule has 6 nitrogen and oxygen atoms in total. The lowest BCUT2D eigenvalue weighted by Crippen LogP contribution is -2.58. The van der Waals surface area contributed by atoms with Gasteiger partial charge in [-0.25, -0.2) is 4.68 Å². The topological polar surface area (TPSA) is 73.2 Å². The van der Waals surface area contributed by atoms with E-state index in [0.29, 0.717) is 27.5 Å². The number of esters is 1. The highest BCUT2D eigenvalue weighted by molar-refractivity contribution is 9.10. The van der Waals surface area contributed by atoms with Crippen molar-refractivity contribution >= 4 is 27.6 Å². The summed E-state index contributed by atoms with van der Waals surface area (Å²) in [6.45, 7) is 8.87. The van der Waals surface area contributed by atoms with Crippen LogP contribution in [0.1, 0.15) is 40.5 Å². The van der Waals surface area contributed by atoms with Gasteiger partial charge in [0, 0.05) is 6.04 Å². The monoisotopic (exact) mass is 411 g/mol. The molecular formula is C18H26BrN3O3. The molecular weight excluding hydrogens is 386 g/mol. The van der Waals surface area contributed by atoms with Crippen LogP contribution in [0.2, 0.25) is 0 Å². The predicted octanol–water partition coefficient (Wildman–Crippen LogP) is 3.05. The van der Waals surface area contributed by atoms with E-state index >= 15 is 0 Å². The molecule has 1 N–H and O–H groups in total. The average molecular weight is 412 g/mol. The summed E-state index contributed by atoms with van der Waals surface area (Å²) in [7, 11) is 0. The van der Waals surface area contributed by atoms with Crippen molar-refractivity contribution in [3.63, 3.8) is 0 Å². The standard InChI is InChI=1S/C18H26BrN3O3/c1-5-25-15(23)9-22-17(24)16(19)14(8-20-22)21-13-7-11-6-12(10(13)2)18(11,3)4/h8,10-13,21H,5-7,9H2,1-4H3/t10-,11+,12+,13+/m0/s1. The van der Waals surface area contributed by atoms with E-state index in [1.807, 2.05) is 0 Å². The minimum Gasteiger partial charge on any atom is -0.465 e. The number of carbonyl (C=O) groups is 1. The molecule has 4 rings (SSSR count). The van der Waals surface area contributed by atoms with Gasteiger partial charge in [-0.3, -0.25) is 9.59 Å². The largest absolute Gasteiger partial charge is 0.465 e. The van der Waals surface area contributed by atoms with Crippen molar-refractivity contribution < 1.29 is 9.53 Å². The Morgan fingerprint density at radius 2 is 2.20 bits per heavy atom. The van der Waals surface area contributed by atoms with E-state index in [1.54, 1.807) is 13.1 Å². The Kier molecular flexibility index (Phi) is 4.97. The Hall–Kier alpha value is -1.37. The number of hydrogen-bond donors (Lipinski definition) is 1. The summed E-state index contributed by atoms with van der Waals surface area (Å²) in [4.78, 5) is 24.0. The second-order valence-electron chi connectivity index (χ2n) is 7.85. The Balaban J connectivity index is 1.73. The van der Waals surface area contributed by atoms with Crippen LogP contribution in [-0.2, 0) is 16.1 Å². The molecule has 0 unspecified atom stereocenters. The van der Waals surface area contributed by atoms with Crippen LogP contribution >= 0.6 is 15.9 Å². The number of ether oxygens (including phenoxy) is 1. The fourth-order valence-electron chi connectivity index (χ4n) is 4.55. The first-order valence-corrected chi connectivity index (χ1v) is 9.72. The fraction of sp³-hybridized carbons (Fsp3) is 0.722. The molecule has 3 aliphatic rings. The molecule has 4 atom stereocenters. The quantitative estimate of drug-likeness (QED) is 0.753. The van der Waals surface area contributed by atoms with Crippen molar-refractivity contribution in [2.75, 3.05) is 11.9 Å². The Bertz CT molecular complexity index is 731. The van der Waals surface area contributed by atoms with Gasteiger partial charge in [-0.2, -0.15) is 5.10 Å². The highest BCUT2D eigenvalue weighted by atomic mass is 79.9. The van der Waals surface area contributed by atoms with Gasteiger partial charge in [0.2, 0.25) is 0 Å². The number of carbonyl (C=O) groups excluding carboxylic acids is 1. The zero-order valence-electron chi connectivity index (χ0n) is 15.2. The third-order valence-electron chi connectivity index (χ3n) is 6.26. The maximum Gasteiger partial charge on any atom is 0.327 e. The van der Waals surface area contributed by atoms with E-state index in [1.165, 1.54) is 6.42 Å². The van der Waals surface area contributed by atoms with Crippen LogP contribution in [0, 0.1) is 23.2 Å². The molecule has 0 radical (unpaired) electrons. The second kappa shape index (κ2) is 6.74. The van der Waals surface area contributed by atoms with Crippen LogP contribution in [0.25, 0.3) is 0 Å². The molecule has 3 aliphatic carbocycles. The molecule has 25 heavy (non-hydrogen) atoms. The first-order chi connectivity index (χ1) is 11.8. The molecule has 1 aromatic rings. The molecule has 0 aromatic carbocycles. The lowest BCUT2D eigenvalue weighted by molar-refractivity contribution is -0.144. The van der Waals surface area contributed by atoms with Crippen molar-refractivity contribution in [1.82, 2.24) is 9.78 Å². The first kappa shape index (κ1) is 18.4. The zero-order valence-corrected chi connectivity index (χ0v) is 16.8. The highest BCUT2D eigenvalue weighted by Gasteiger charge is 2.56. The molecule has 0 aliphatic heterocycles. The van der Waals surface area contributed by atoms with Crippen LogP contribution in [0.3, 0.4) is 0 Å². The van der Waals surface area contributed by atoms with Crippen molar-refractivity contribution in [3.8, 4) is 0 Å².